The standard InChI is InChI=1S/C14H20BrN3/c15-13-4-3-11(8-14(13)16)9-17-6-7-18-5-1-2-12(18)10-17/h3-4,8,12H,1-2,5-7,9-10,16H2. The van der Waals surface area contributed by atoms with Crippen molar-refractivity contribution in [2.24, 2.45) is 0 Å². The van der Waals surface area contributed by atoms with Gasteiger partial charge in [0.15, 0.2) is 0 Å². The molecule has 2 fully saturated rings. The number of halogens is 1. The average Bonchev–Trinajstić information content (AvgIpc) is 2.81. The van der Waals surface area contributed by atoms with Gasteiger partial charge in [-0.2, -0.15) is 0 Å². The molecule has 2 N–H and O–H groups in total. The summed E-state index contributed by atoms with van der Waals surface area (Å²) in [6.45, 7) is 5.98. The van der Waals surface area contributed by atoms with E-state index in [4.69, 9.17) is 5.73 Å². The van der Waals surface area contributed by atoms with Gasteiger partial charge in [0.2, 0.25) is 0 Å². The number of piperazine rings is 1. The van der Waals surface area contributed by atoms with Gasteiger partial charge in [-0.3, -0.25) is 9.80 Å². The summed E-state index contributed by atoms with van der Waals surface area (Å²) in [4.78, 5) is 5.21. The number of rotatable bonds is 2. The second kappa shape index (κ2) is 5.19. The molecule has 1 atom stereocenters. The third kappa shape index (κ3) is 2.56. The zero-order valence-corrected chi connectivity index (χ0v) is 12.2. The van der Waals surface area contributed by atoms with Crippen molar-refractivity contribution in [3.63, 3.8) is 0 Å². The van der Waals surface area contributed by atoms with Gasteiger partial charge in [0.25, 0.3) is 0 Å². The second-order valence-corrected chi connectivity index (χ2v) is 6.28. The Morgan fingerprint density at radius 2 is 2.17 bits per heavy atom. The molecular weight excluding hydrogens is 290 g/mol. The maximum absolute atomic E-state index is 5.94. The van der Waals surface area contributed by atoms with Crippen molar-refractivity contribution < 1.29 is 0 Å². The van der Waals surface area contributed by atoms with Gasteiger partial charge in [-0.15, -0.1) is 0 Å². The van der Waals surface area contributed by atoms with Crippen molar-refractivity contribution in [2.75, 3.05) is 31.9 Å². The van der Waals surface area contributed by atoms with Gasteiger partial charge in [-0.1, -0.05) is 6.07 Å². The second-order valence-electron chi connectivity index (χ2n) is 5.42. The van der Waals surface area contributed by atoms with Gasteiger partial charge in [0.1, 0.15) is 0 Å². The first-order valence-corrected chi connectivity index (χ1v) is 7.52. The minimum Gasteiger partial charge on any atom is -0.398 e. The molecule has 0 aliphatic carbocycles. The Morgan fingerprint density at radius 1 is 1.28 bits per heavy atom. The number of nitrogen functional groups attached to an aromatic ring is 1. The van der Waals surface area contributed by atoms with Gasteiger partial charge in [-0.25, -0.2) is 0 Å². The molecule has 1 unspecified atom stereocenters. The van der Waals surface area contributed by atoms with Gasteiger partial charge in [0, 0.05) is 42.4 Å². The molecule has 0 bridgehead atoms. The summed E-state index contributed by atoms with van der Waals surface area (Å²) in [6.07, 6.45) is 2.75. The van der Waals surface area contributed by atoms with Gasteiger partial charge >= 0.3 is 0 Å². The molecule has 0 amide bonds. The van der Waals surface area contributed by atoms with Crippen LogP contribution in [0.4, 0.5) is 5.69 Å². The quantitative estimate of drug-likeness (QED) is 0.851. The number of anilines is 1. The molecule has 1 aromatic carbocycles. The Bertz CT molecular complexity index is 435. The Labute approximate surface area is 117 Å². The van der Waals surface area contributed by atoms with Gasteiger partial charge < -0.3 is 5.73 Å². The fourth-order valence-electron chi connectivity index (χ4n) is 3.15. The summed E-state index contributed by atoms with van der Waals surface area (Å²) >= 11 is 3.45. The molecule has 0 aromatic heterocycles. The van der Waals surface area contributed by atoms with Crippen LogP contribution in [0.5, 0.6) is 0 Å². The lowest BCUT2D eigenvalue weighted by Gasteiger charge is -2.37. The van der Waals surface area contributed by atoms with Crippen LogP contribution in [0.2, 0.25) is 0 Å². The van der Waals surface area contributed by atoms with E-state index in [1.54, 1.807) is 0 Å². The molecule has 2 saturated heterocycles. The Hall–Kier alpha value is -0.580. The van der Waals surface area contributed by atoms with Crippen LogP contribution in [0.1, 0.15) is 18.4 Å². The topological polar surface area (TPSA) is 32.5 Å². The lowest BCUT2D eigenvalue weighted by Crippen LogP contribution is -2.49. The van der Waals surface area contributed by atoms with Crippen molar-refractivity contribution in [1.82, 2.24) is 9.80 Å². The van der Waals surface area contributed by atoms with Crippen LogP contribution in [0.15, 0.2) is 22.7 Å². The van der Waals surface area contributed by atoms with Crippen molar-refractivity contribution in [1.29, 1.82) is 0 Å². The Kier molecular flexibility index (Phi) is 3.59. The van der Waals surface area contributed by atoms with Crippen LogP contribution in [0.3, 0.4) is 0 Å². The molecule has 3 nitrogen and oxygen atoms in total. The normalized spacial score (nSPS) is 25.3. The molecule has 0 saturated carbocycles. The molecule has 3 rings (SSSR count). The zero-order chi connectivity index (χ0) is 12.5. The molecule has 2 heterocycles. The smallest absolute Gasteiger partial charge is 0.0461 e. The predicted octanol–water partition coefficient (Wildman–Crippen LogP) is 2.31. The fourth-order valence-corrected chi connectivity index (χ4v) is 3.40. The number of hydrogen-bond donors (Lipinski definition) is 1. The average molecular weight is 310 g/mol. The number of nitrogens with zero attached hydrogens (tertiary/aromatic N) is 2. The van der Waals surface area contributed by atoms with E-state index in [0.717, 1.165) is 22.7 Å². The summed E-state index contributed by atoms with van der Waals surface area (Å²) in [6, 6.07) is 7.11. The Morgan fingerprint density at radius 3 is 3.00 bits per heavy atom. The van der Waals surface area contributed by atoms with E-state index < -0.39 is 0 Å². The highest BCUT2D eigenvalue weighted by Gasteiger charge is 2.30. The molecule has 1 aromatic rings. The lowest BCUT2D eigenvalue weighted by atomic mass is 10.1. The van der Waals surface area contributed by atoms with E-state index in [9.17, 15) is 0 Å². The minimum atomic E-state index is 0.798. The predicted molar refractivity (Wildman–Crippen MR) is 78.4 cm³/mol. The van der Waals surface area contributed by atoms with Crippen LogP contribution < -0.4 is 5.73 Å². The highest BCUT2D eigenvalue weighted by molar-refractivity contribution is 9.10. The van der Waals surface area contributed by atoms with Crippen LogP contribution in [-0.4, -0.2) is 42.0 Å². The monoisotopic (exact) mass is 309 g/mol. The number of nitrogens with two attached hydrogens (primary N) is 1. The maximum Gasteiger partial charge on any atom is 0.0461 e. The zero-order valence-electron chi connectivity index (χ0n) is 10.6. The number of fused-ring (bicyclic) bond motifs is 1. The highest BCUT2D eigenvalue weighted by Crippen LogP contribution is 2.24. The molecule has 2 aliphatic heterocycles. The summed E-state index contributed by atoms with van der Waals surface area (Å²) < 4.78 is 0.992. The van der Waals surface area contributed by atoms with Crippen molar-refractivity contribution in [3.05, 3.63) is 28.2 Å². The third-order valence-corrected chi connectivity index (χ3v) is 4.86. The SMILES string of the molecule is Nc1cc(CN2CCN3CCCC3C2)ccc1Br. The fraction of sp³-hybridized carbons (Fsp3) is 0.571. The summed E-state index contributed by atoms with van der Waals surface area (Å²) in [7, 11) is 0. The Balaban J connectivity index is 1.64. The molecule has 4 heteroatoms. The van der Waals surface area contributed by atoms with E-state index in [2.05, 4.69) is 43.9 Å². The minimum absolute atomic E-state index is 0.798. The van der Waals surface area contributed by atoms with Gasteiger partial charge in [-0.05, 0) is 53.0 Å². The molecule has 98 valence electrons. The number of benzene rings is 1. The maximum atomic E-state index is 5.94. The summed E-state index contributed by atoms with van der Waals surface area (Å²) in [5.74, 6) is 0. The third-order valence-electron chi connectivity index (χ3n) is 4.14. The largest absolute Gasteiger partial charge is 0.398 e. The van der Waals surface area contributed by atoms with E-state index in [-0.39, 0.29) is 0 Å². The van der Waals surface area contributed by atoms with Crippen LogP contribution in [-0.2, 0) is 6.54 Å². The molecule has 0 spiro atoms. The molecule has 0 radical (unpaired) electrons. The van der Waals surface area contributed by atoms with Crippen molar-refractivity contribution in [3.8, 4) is 0 Å². The summed E-state index contributed by atoms with van der Waals surface area (Å²) in [5, 5.41) is 0. The summed E-state index contributed by atoms with van der Waals surface area (Å²) in [5.41, 5.74) is 8.10. The lowest BCUT2D eigenvalue weighted by molar-refractivity contribution is 0.0994. The van der Waals surface area contributed by atoms with Crippen molar-refractivity contribution >= 4 is 21.6 Å². The van der Waals surface area contributed by atoms with E-state index >= 15 is 0 Å². The first kappa shape index (κ1) is 12.5. The molecule has 18 heavy (non-hydrogen) atoms. The van der Waals surface area contributed by atoms with E-state index in [1.165, 1.54) is 44.6 Å². The van der Waals surface area contributed by atoms with Gasteiger partial charge in [0.05, 0.1) is 0 Å². The first-order valence-electron chi connectivity index (χ1n) is 6.73. The molecular formula is C14H20BrN3. The molecule has 2 aliphatic rings. The van der Waals surface area contributed by atoms with E-state index in [0.29, 0.717) is 0 Å². The highest BCUT2D eigenvalue weighted by atomic mass is 79.9. The van der Waals surface area contributed by atoms with E-state index in [1.807, 2.05) is 0 Å². The van der Waals surface area contributed by atoms with Crippen LogP contribution in [0.25, 0.3) is 0 Å². The number of hydrogen-bond acceptors (Lipinski definition) is 3. The van der Waals surface area contributed by atoms with Crippen LogP contribution >= 0.6 is 15.9 Å². The van der Waals surface area contributed by atoms with Crippen molar-refractivity contribution in [2.45, 2.75) is 25.4 Å². The first-order chi connectivity index (χ1) is 8.72. The van der Waals surface area contributed by atoms with Crippen LogP contribution in [0, 0.1) is 0 Å².